The third kappa shape index (κ3) is 76.9. The van der Waals surface area contributed by atoms with Gasteiger partial charge < -0.3 is 33.8 Å². The maximum absolute atomic E-state index is 13.1. The number of ether oxygens (including phenoxy) is 4. The van der Waals surface area contributed by atoms with Crippen LogP contribution >= 0.6 is 15.6 Å². The number of rotatable bonds is 75. The van der Waals surface area contributed by atoms with Crippen LogP contribution in [0.15, 0.2) is 158 Å². The molecule has 0 saturated carbocycles. The van der Waals surface area contributed by atoms with Gasteiger partial charge >= 0.3 is 39.5 Å². The van der Waals surface area contributed by atoms with Crippen LogP contribution in [0.3, 0.4) is 0 Å². The Hall–Kier alpha value is -5.32. The number of carbonyl (C=O) groups is 4. The van der Waals surface area contributed by atoms with Crippen molar-refractivity contribution in [2.24, 2.45) is 0 Å². The van der Waals surface area contributed by atoms with Gasteiger partial charge in [-0.2, -0.15) is 0 Å². The maximum Gasteiger partial charge on any atom is 0.472 e. The molecule has 0 amide bonds. The van der Waals surface area contributed by atoms with Crippen LogP contribution < -0.4 is 0 Å². The Morgan fingerprint density at radius 1 is 0.264 bits per heavy atom. The predicted octanol–water partition coefficient (Wildman–Crippen LogP) is 24.0. The van der Waals surface area contributed by atoms with Crippen LogP contribution in [-0.2, 0) is 65.4 Å². The van der Waals surface area contributed by atoms with Gasteiger partial charge in [0.1, 0.15) is 19.3 Å². The topological polar surface area (TPSA) is 237 Å². The Bertz CT molecular complexity index is 2630. The predicted molar refractivity (Wildman–Crippen MR) is 436 cm³/mol. The number of allylic oxidation sites excluding steroid dienone is 26. The van der Waals surface area contributed by atoms with Crippen molar-refractivity contribution in [2.75, 3.05) is 39.6 Å². The molecule has 0 fully saturated rings. The highest BCUT2D eigenvalue weighted by molar-refractivity contribution is 7.47. The average Bonchev–Trinajstić information content (AvgIpc) is 0.909. The number of phosphoric ester groups is 2. The molecular formula is C87H144O17P2. The van der Waals surface area contributed by atoms with E-state index in [0.717, 1.165) is 231 Å². The zero-order valence-electron chi connectivity index (χ0n) is 66.1. The molecule has 0 aliphatic rings. The molecule has 19 heteroatoms. The summed E-state index contributed by atoms with van der Waals surface area (Å²) in [4.78, 5) is 73.1. The first-order valence-corrected chi connectivity index (χ1v) is 43.7. The molecule has 0 spiro atoms. The van der Waals surface area contributed by atoms with E-state index < -0.39 is 97.5 Å². The molecule has 0 aromatic carbocycles. The molecule has 17 nitrogen and oxygen atoms in total. The molecule has 5 unspecified atom stereocenters. The lowest BCUT2D eigenvalue weighted by Crippen LogP contribution is -2.30. The van der Waals surface area contributed by atoms with Gasteiger partial charge in [-0.3, -0.25) is 37.3 Å². The van der Waals surface area contributed by atoms with Crippen molar-refractivity contribution in [1.29, 1.82) is 0 Å². The number of aliphatic hydroxyl groups excluding tert-OH is 1. The minimum atomic E-state index is -4.99. The highest BCUT2D eigenvalue weighted by Crippen LogP contribution is 2.45. The fraction of sp³-hybridized carbons (Fsp3) is 0.655. The normalized spacial score (nSPS) is 14.7. The zero-order valence-corrected chi connectivity index (χ0v) is 67.8. The van der Waals surface area contributed by atoms with Crippen molar-refractivity contribution in [2.45, 2.75) is 329 Å². The fourth-order valence-electron chi connectivity index (χ4n) is 10.4. The third-order valence-corrected chi connectivity index (χ3v) is 18.4. The van der Waals surface area contributed by atoms with Crippen LogP contribution in [0.25, 0.3) is 0 Å². The number of aliphatic hydroxyl groups is 1. The number of phosphoric acid groups is 2. The van der Waals surface area contributed by atoms with Gasteiger partial charge in [0, 0.05) is 25.7 Å². The van der Waals surface area contributed by atoms with Gasteiger partial charge in [-0.1, -0.05) is 282 Å². The Balaban J connectivity index is 5.41. The monoisotopic (exact) mass is 1520 g/mol. The second-order valence-electron chi connectivity index (χ2n) is 26.5. The Morgan fingerprint density at radius 3 is 0.708 bits per heavy atom. The zero-order chi connectivity index (χ0) is 77.4. The van der Waals surface area contributed by atoms with Crippen LogP contribution in [0.1, 0.15) is 310 Å². The molecule has 0 rings (SSSR count). The molecule has 0 radical (unpaired) electrons. The largest absolute Gasteiger partial charge is 0.472 e. The number of hydrogen-bond acceptors (Lipinski definition) is 15. The van der Waals surface area contributed by atoms with E-state index in [1.54, 1.807) is 0 Å². The molecule has 5 atom stereocenters. The minimum absolute atomic E-state index is 0.0670. The number of carbonyl (C=O) groups excluding carboxylic acids is 4. The fourth-order valence-corrected chi connectivity index (χ4v) is 12.0. The molecule has 0 aliphatic heterocycles. The SMILES string of the molecule is CC/C=C\C/C=C\C/C=C\C/C=C\CCCCCCCCC(=O)OCC(COP(=O)(O)OCC(O)COP(=O)(O)OCC(COC(=O)CCCCCCCCC/C=C\C/C=C\C/C=C\CC)OC(=O)CCCCCCC/C=C\C/C=C\C/C=C\CC)OC(=O)CCCCCCC/C=C\C/C=C\C/C=C\CC. The van der Waals surface area contributed by atoms with Crippen molar-refractivity contribution in [1.82, 2.24) is 0 Å². The second kappa shape index (κ2) is 77.8. The van der Waals surface area contributed by atoms with E-state index >= 15 is 0 Å². The van der Waals surface area contributed by atoms with Crippen molar-refractivity contribution in [3.05, 3.63) is 158 Å². The summed E-state index contributed by atoms with van der Waals surface area (Å²) >= 11 is 0. The first-order valence-electron chi connectivity index (χ1n) is 40.7. The summed E-state index contributed by atoms with van der Waals surface area (Å²) in [7, 11) is -9.99. The number of esters is 4. The van der Waals surface area contributed by atoms with E-state index in [1.165, 1.54) is 0 Å². The van der Waals surface area contributed by atoms with Gasteiger partial charge in [-0.25, -0.2) is 9.13 Å². The summed E-state index contributed by atoms with van der Waals surface area (Å²) < 4.78 is 68.7. The third-order valence-electron chi connectivity index (χ3n) is 16.5. The second-order valence-corrected chi connectivity index (χ2v) is 29.4. The smallest absolute Gasteiger partial charge is 0.462 e. The molecular weight excluding hydrogens is 1380 g/mol. The number of unbranched alkanes of at least 4 members (excludes halogenated alkanes) is 23. The molecule has 0 aromatic rings. The Kier molecular flexibility index (Phi) is 73.9. The summed E-state index contributed by atoms with van der Waals surface area (Å²) in [5, 5.41) is 10.7. The van der Waals surface area contributed by atoms with Crippen molar-refractivity contribution in [3.8, 4) is 0 Å². The molecule has 0 heterocycles. The van der Waals surface area contributed by atoms with Crippen LogP contribution in [0.2, 0.25) is 0 Å². The van der Waals surface area contributed by atoms with E-state index in [9.17, 15) is 43.2 Å². The lowest BCUT2D eigenvalue weighted by molar-refractivity contribution is -0.161. The van der Waals surface area contributed by atoms with E-state index in [1.807, 2.05) is 0 Å². The molecule has 604 valence electrons. The van der Waals surface area contributed by atoms with Crippen molar-refractivity contribution >= 4 is 39.5 Å². The summed E-state index contributed by atoms with van der Waals surface area (Å²) in [5.74, 6) is -2.24. The lowest BCUT2D eigenvalue weighted by Gasteiger charge is -2.21. The Labute approximate surface area is 642 Å². The highest BCUT2D eigenvalue weighted by Gasteiger charge is 2.30. The first kappa shape index (κ1) is 101. The maximum atomic E-state index is 13.1. The highest BCUT2D eigenvalue weighted by atomic mass is 31.2. The van der Waals surface area contributed by atoms with Crippen LogP contribution in [0, 0.1) is 0 Å². The molecule has 0 aliphatic carbocycles. The molecule has 3 N–H and O–H groups in total. The molecule has 0 bridgehead atoms. The van der Waals surface area contributed by atoms with Gasteiger partial charge in [0.25, 0.3) is 0 Å². The quantitative estimate of drug-likeness (QED) is 0.0169. The van der Waals surface area contributed by atoms with Crippen LogP contribution in [0.5, 0.6) is 0 Å². The molecule has 0 aromatic heterocycles. The Morgan fingerprint density at radius 2 is 0.462 bits per heavy atom. The lowest BCUT2D eigenvalue weighted by atomic mass is 10.1. The summed E-state index contributed by atoms with van der Waals surface area (Å²) in [5.41, 5.74) is 0. The van der Waals surface area contributed by atoms with Gasteiger partial charge in [0.2, 0.25) is 0 Å². The standard InChI is InChI=1S/C87H144O17P2/c1-5-9-13-17-21-25-29-33-37-39-40-42-46-48-52-56-60-64-68-72-85(90)98-78-83(104-87(92)74-70-66-62-58-54-50-44-36-32-28-24-20-16-12-8-4)80-102-106(95,96)100-76-81(88)75-99-105(93,94)101-79-82(103-86(91)73-69-65-61-57-53-49-43-35-31-27-23-19-15-11-7-3)77-97-84(89)71-67-63-59-55-51-47-45-41-38-34-30-26-22-18-14-10-6-2/h9-16,21-28,33-38,40,42-44,81-83,88H,5-8,17-20,29-32,39,41,45-80H2,1-4H3,(H,93,94)(H,95,96)/b13-9-,14-10-,15-11-,16-12-,25-21-,26-22-,27-23-,28-24-,37-33-,38-34-,42-40-,43-35-,44-36-. The number of hydrogen-bond donors (Lipinski definition) is 3. The van der Waals surface area contributed by atoms with Gasteiger partial charge in [0.05, 0.1) is 26.4 Å². The van der Waals surface area contributed by atoms with E-state index in [2.05, 4.69) is 186 Å². The minimum Gasteiger partial charge on any atom is -0.462 e. The van der Waals surface area contributed by atoms with Gasteiger partial charge in [-0.05, 0) is 161 Å². The van der Waals surface area contributed by atoms with Crippen molar-refractivity contribution in [3.63, 3.8) is 0 Å². The van der Waals surface area contributed by atoms with Crippen LogP contribution in [0.4, 0.5) is 0 Å². The van der Waals surface area contributed by atoms with E-state index in [4.69, 9.17) is 37.0 Å². The first-order chi connectivity index (χ1) is 51.7. The van der Waals surface area contributed by atoms with Gasteiger partial charge in [-0.15, -0.1) is 0 Å². The average molecular weight is 1520 g/mol. The summed E-state index contributed by atoms with van der Waals surface area (Å²) in [6.45, 7) is 4.37. The van der Waals surface area contributed by atoms with Crippen molar-refractivity contribution < 1.29 is 80.2 Å². The van der Waals surface area contributed by atoms with Crippen LogP contribution in [-0.4, -0.2) is 96.7 Å². The molecule has 106 heavy (non-hydrogen) atoms. The van der Waals surface area contributed by atoms with Gasteiger partial charge in [0.15, 0.2) is 12.2 Å². The van der Waals surface area contributed by atoms with E-state index in [0.29, 0.717) is 25.7 Å². The summed E-state index contributed by atoms with van der Waals surface area (Å²) in [6.07, 6.45) is 90.7. The molecule has 0 saturated heterocycles. The summed E-state index contributed by atoms with van der Waals surface area (Å²) in [6, 6.07) is 0. The van der Waals surface area contributed by atoms with E-state index in [-0.39, 0.29) is 25.7 Å².